The third-order valence-electron chi connectivity index (χ3n) is 3.89. The lowest BCUT2D eigenvalue weighted by Crippen LogP contribution is -2.57. The average molecular weight is 327 g/mol. The third-order valence-corrected chi connectivity index (χ3v) is 3.89. The smallest absolute Gasteiger partial charge is 0.254 e. The summed E-state index contributed by atoms with van der Waals surface area (Å²) in [5, 5.41) is 19.9. The van der Waals surface area contributed by atoms with E-state index in [0.29, 0.717) is 13.0 Å². The Labute approximate surface area is 134 Å². The molecule has 1 aromatic rings. The number of aliphatic hydroxyl groups is 2. The van der Waals surface area contributed by atoms with Crippen molar-refractivity contribution >= 4 is 5.91 Å². The van der Waals surface area contributed by atoms with Crippen LogP contribution in [-0.2, 0) is 4.74 Å². The Kier molecular flexibility index (Phi) is 5.92. The molecule has 3 atom stereocenters. The molecule has 1 fully saturated rings. The van der Waals surface area contributed by atoms with Crippen molar-refractivity contribution in [2.45, 2.75) is 31.6 Å². The Hall–Kier alpha value is -1.70. The van der Waals surface area contributed by atoms with Crippen LogP contribution in [0.15, 0.2) is 18.2 Å². The fourth-order valence-corrected chi connectivity index (χ4v) is 2.66. The molecule has 7 heteroatoms. The molecular formula is C16H22FNO5. The number of carbonyl (C=O) groups excluding carboxylic acids is 1. The zero-order chi connectivity index (χ0) is 17.0. The predicted molar refractivity (Wildman–Crippen MR) is 80.9 cm³/mol. The number of methoxy groups -OCH3 is 1. The topological polar surface area (TPSA) is 79.2 Å². The fourth-order valence-electron chi connectivity index (χ4n) is 2.66. The maximum atomic E-state index is 13.8. The van der Waals surface area contributed by atoms with E-state index in [2.05, 4.69) is 0 Å². The van der Waals surface area contributed by atoms with E-state index in [-0.39, 0.29) is 24.5 Å². The van der Waals surface area contributed by atoms with Crippen LogP contribution in [0.1, 0.15) is 23.7 Å². The number of hydrogen-bond acceptors (Lipinski definition) is 5. The van der Waals surface area contributed by atoms with Crippen molar-refractivity contribution in [2.75, 3.05) is 26.9 Å². The summed E-state index contributed by atoms with van der Waals surface area (Å²) in [5.41, 5.74) is 0.156. The van der Waals surface area contributed by atoms with E-state index in [1.54, 1.807) is 0 Å². The monoisotopic (exact) mass is 327 g/mol. The number of aliphatic hydroxyl groups excluding tert-OH is 2. The van der Waals surface area contributed by atoms with Crippen LogP contribution in [0.4, 0.5) is 4.39 Å². The first-order valence-electron chi connectivity index (χ1n) is 7.58. The second kappa shape index (κ2) is 7.72. The summed E-state index contributed by atoms with van der Waals surface area (Å²) in [6, 6.07) is 3.29. The molecule has 0 aliphatic carbocycles. The standard InChI is InChI=1S/C16H22FNO5/c1-3-6-18(12-8-23-9-13(19)15(12)20)16(21)10-4-5-14(22-2)11(17)7-10/h4-5,7,12-13,15,19-20H,3,6,8-9H2,1-2H3/t12-,13-,15+/m1/s1. The molecule has 23 heavy (non-hydrogen) atoms. The number of ether oxygens (including phenoxy) is 2. The van der Waals surface area contributed by atoms with Gasteiger partial charge in [-0.15, -0.1) is 0 Å². The minimum atomic E-state index is -1.10. The lowest BCUT2D eigenvalue weighted by atomic mass is 10.0. The number of benzene rings is 1. The predicted octanol–water partition coefficient (Wildman–Crippen LogP) is 0.807. The largest absolute Gasteiger partial charge is 0.494 e. The van der Waals surface area contributed by atoms with Crippen molar-refractivity contribution in [3.63, 3.8) is 0 Å². The van der Waals surface area contributed by atoms with E-state index >= 15 is 0 Å². The van der Waals surface area contributed by atoms with Crippen LogP contribution in [-0.4, -0.2) is 66.1 Å². The van der Waals surface area contributed by atoms with Gasteiger partial charge < -0.3 is 24.6 Å². The van der Waals surface area contributed by atoms with E-state index in [0.717, 1.165) is 6.07 Å². The van der Waals surface area contributed by atoms with Gasteiger partial charge in [-0.1, -0.05) is 6.92 Å². The molecule has 1 aromatic carbocycles. The van der Waals surface area contributed by atoms with Crippen LogP contribution in [0.3, 0.4) is 0 Å². The van der Waals surface area contributed by atoms with Gasteiger partial charge in [0.2, 0.25) is 0 Å². The molecule has 0 unspecified atom stereocenters. The third kappa shape index (κ3) is 3.80. The lowest BCUT2D eigenvalue weighted by Gasteiger charge is -2.39. The highest BCUT2D eigenvalue weighted by Crippen LogP contribution is 2.22. The molecule has 1 saturated heterocycles. The van der Waals surface area contributed by atoms with Crippen LogP contribution >= 0.6 is 0 Å². The molecule has 0 bridgehead atoms. The van der Waals surface area contributed by atoms with Crippen molar-refractivity contribution in [3.8, 4) is 5.75 Å². The van der Waals surface area contributed by atoms with Gasteiger partial charge in [-0.2, -0.15) is 0 Å². The normalized spacial score (nSPS) is 24.3. The zero-order valence-corrected chi connectivity index (χ0v) is 13.2. The number of hydrogen-bond donors (Lipinski definition) is 2. The zero-order valence-electron chi connectivity index (χ0n) is 13.2. The summed E-state index contributed by atoms with van der Waals surface area (Å²) in [6.45, 7) is 2.41. The molecular weight excluding hydrogens is 305 g/mol. The molecule has 0 saturated carbocycles. The van der Waals surface area contributed by atoms with E-state index in [4.69, 9.17) is 9.47 Å². The quantitative estimate of drug-likeness (QED) is 0.837. The lowest BCUT2D eigenvalue weighted by molar-refractivity contribution is -0.125. The van der Waals surface area contributed by atoms with E-state index < -0.39 is 30.0 Å². The summed E-state index contributed by atoms with van der Waals surface area (Å²) in [5.74, 6) is -0.995. The van der Waals surface area contributed by atoms with Gasteiger partial charge in [-0.05, 0) is 24.6 Å². The first-order chi connectivity index (χ1) is 11.0. The second-order valence-corrected chi connectivity index (χ2v) is 5.51. The second-order valence-electron chi connectivity index (χ2n) is 5.51. The van der Waals surface area contributed by atoms with Crippen LogP contribution < -0.4 is 4.74 Å². The Bertz CT molecular complexity index is 553. The fraction of sp³-hybridized carbons (Fsp3) is 0.562. The highest BCUT2D eigenvalue weighted by atomic mass is 19.1. The van der Waals surface area contributed by atoms with Crippen LogP contribution in [0.25, 0.3) is 0 Å². The molecule has 1 heterocycles. The van der Waals surface area contributed by atoms with Crippen LogP contribution in [0.2, 0.25) is 0 Å². The highest BCUT2D eigenvalue weighted by Gasteiger charge is 2.37. The maximum Gasteiger partial charge on any atom is 0.254 e. The molecule has 1 aliphatic rings. The molecule has 2 rings (SSSR count). The average Bonchev–Trinajstić information content (AvgIpc) is 2.55. The van der Waals surface area contributed by atoms with Gasteiger partial charge in [0.05, 0.1) is 26.4 Å². The maximum absolute atomic E-state index is 13.8. The SMILES string of the molecule is CCCN(C(=O)c1ccc(OC)c(F)c1)[C@@H]1COC[C@@H](O)[C@H]1O. The molecule has 0 radical (unpaired) electrons. The van der Waals surface area contributed by atoms with Gasteiger partial charge in [0.15, 0.2) is 11.6 Å². The van der Waals surface area contributed by atoms with Crippen LogP contribution in [0.5, 0.6) is 5.75 Å². The van der Waals surface area contributed by atoms with Crippen molar-refractivity contribution < 1.29 is 28.9 Å². The number of nitrogens with zero attached hydrogens (tertiary/aromatic N) is 1. The molecule has 0 aromatic heterocycles. The molecule has 0 spiro atoms. The summed E-state index contributed by atoms with van der Waals surface area (Å²) in [7, 11) is 1.35. The van der Waals surface area contributed by atoms with E-state index in [1.807, 2.05) is 6.92 Å². The minimum Gasteiger partial charge on any atom is -0.494 e. The van der Waals surface area contributed by atoms with E-state index in [9.17, 15) is 19.4 Å². The highest BCUT2D eigenvalue weighted by molar-refractivity contribution is 5.94. The van der Waals surface area contributed by atoms with Crippen molar-refractivity contribution in [3.05, 3.63) is 29.6 Å². The summed E-state index contributed by atoms with van der Waals surface area (Å²) in [4.78, 5) is 14.1. The van der Waals surface area contributed by atoms with Gasteiger partial charge in [0.1, 0.15) is 12.2 Å². The molecule has 6 nitrogen and oxygen atoms in total. The van der Waals surface area contributed by atoms with E-state index in [1.165, 1.54) is 24.1 Å². The van der Waals surface area contributed by atoms with Gasteiger partial charge in [-0.25, -0.2) is 4.39 Å². The molecule has 2 N–H and O–H groups in total. The summed E-state index contributed by atoms with van der Waals surface area (Å²) >= 11 is 0. The number of carbonyl (C=O) groups is 1. The molecule has 1 aliphatic heterocycles. The Morgan fingerprint density at radius 3 is 2.78 bits per heavy atom. The van der Waals surface area contributed by atoms with Gasteiger partial charge >= 0.3 is 0 Å². The Balaban J connectivity index is 2.26. The number of rotatable bonds is 5. The van der Waals surface area contributed by atoms with Crippen molar-refractivity contribution in [1.29, 1.82) is 0 Å². The van der Waals surface area contributed by atoms with Gasteiger partial charge in [-0.3, -0.25) is 4.79 Å². The molecule has 1 amide bonds. The first-order valence-corrected chi connectivity index (χ1v) is 7.58. The Morgan fingerprint density at radius 1 is 1.43 bits per heavy atom. The van der Waals surface area contributed by atoms with Gasteiger partial charge in [0.25, 0.3) is 5.91 Å². The van der Waals surface area contributed by atoms with Crippen molar-refractivity contribution in [2.24, 2.45) is 0 Å². The first kappa shape index (κ1) is 17.7. The van der Waals surface area contributed by atoms with Crippen LogP contribution in [0, 0.1) is 5.82 Å². The summed E-state index contributed by atoms with van der Waals surface area (Å²) in [6.07, 6.45) is -1.49. The summed E-state index contributed by atoms with van der Waals surface area (Å²) < 4.78 is 23.9. The molecule has 128 valence electrons. The Morgan fingerprint density at radius 2 is 2.17 bits per heavy atom. The minimum absolute atomic E-state index is 0.0307. The van der Waals surface area contributed by atoms with Crippen molar-refractivity contribution in [1.82, 2.24) is 4.90 Å². The van der Waals surface area contributed by atoms with Gasteiger partial charge in [0, 0.05) is 12.1 Å². The number of amides is 1. The number of halogens is 1.